The molecule has 2 rings (SSSR count). The highest BCUT2D eigenvalue weighted by Crippen LogP contribution is 2.28. The van der Waals surface area contributed by atoms with Crippen molar-refractivity contribution in [1.29, 1.82) is 0 Å². The van der Waals surface area contributed by atoms with Crippen LogP contribution in [0, 0.1) is 12.3 Å². The number of carbonyl (C=O) groups is 1. The van der Waals surface area contributed by atoms with Crippen LogP contribution in [-0.4, -0.2) is 20.6 Å². The second-order valence-corrected chi connectivity index (χ2v) is 5.22. The first-order valence-corrected chi connectivity index (χ1v) is 6.78. The van der Waals surface area contributed by atoms with Gasteiger partial charge in [0.1, 0.15) is 9.71 Å². The molecule has 20 heavy (non-hydrogen) atoms. The Labute approximate surface area is 117 Å². The van der Waals surface area contributed by atoms with E-state index in [0.717, 1.165) is 15.9 Å². The number of H-pyrrole nitrogens is 1. The van der Waals surface area contributed by atoms with Crippen molar-refractivity contribution in [2.24, 2.45) is 0 Å². The van der Waals surface area contributed by atoms with Crippen LogP contribution in [0.3, 0.4) is 0 Å². The van der Waals surface area contributed by atoms with E-state index in [2.05, 4.69) is 10.9 Å². The highest BCUT2D eigenvalue weighted by atomic mass is 32.1. The van der Waals surface area contributed by atoms with Gasteiger partial charge in [-0.15, -0.1) is 17.8 Å². The van der Waals surface area contributed by atoms with Crippen molar-refractivity contribution in [2.75, 3.05) is 0 Å². The number of carboxylic acids is 1. The van der Waals surface area contributed by atoms with Crippen LogP contribution in [0.25, 0.3) is 10.2 Å². The number of nitrogens with zero attached hydrogens (tertiary/aromatic N) is 1. The van der Waals surface area contributed by atoms with Crippen LogP contribution in [0.15, 0.2) is 9.59 Å². The number of aromatic nitrogens is 2. The molecule has 0 radical (unpaired) electrons. The maximum absolute atomic E-state index is 12.3. The largest absolute Gasteiger partial charge is 0.477 e. The summed E-state index contributed by atoms with van der Waals surface area (Å²) in [6.07, 6.45) is 6.29. The van der Waals surface area contributed by atoms with E-state index in [0.29, 0.717) is 18.4 Å². The lowest BCUT2D eigenvalue weighted by Gasteiger charge is -2.02. The second kappa shape index (κ2) is 5.35. The number of aromatic carboxylic acids is 1. The smallest absolute Gasteiger partial charge is 0.346 e. The van der Waals surface area contributed by atoms with Gasteiger partial charge in [0.05, 0.1) is 11.9 Å². The van der Waals surface area contributed by atoms with Crippen LogP contribution in [0.4, 0.5) is 0 Å². The summed E-state index contributed by atoms with van der Waals surface area (Å²) >= 11 is 0.907. The Kier molecular flexibility index (Phi) is 3.77. The molecule has 0 aromatic carbocycles. The predicted octanol–water partition coefficient (Wildman–Crippen LogP) is 1.04. The number of terminal acetylenes is 1. The molecule has 2 aromatic rings. The Balaban J connectivity index is 2.92. The van der Waals surface area contributed by atoms with Crippen LogP contribution in [-0.2, 0) is 13.0 Å². The molecule has 2 aromatic heterocycles. The van der Waals surface area contributed by atoms with Gasteiger partial charge in [0.2, 0.25) is 0 Å². The average molecular weight is 292 g/mol. The molecule has 0 amide bonds. The molecule has 0 spiro atoms. The van der Waals surface area contributed by atoms with Gasteiger partial charge in [-0.25, -0.2) is 14.2 Å². The molecule has 0 aliphatic carbocycles. The molecule has 0 aliphatic rings. The molecule has 6 nitrogen and oxygen atoms in total. The quantitative estimate of drug-likeness (QED) is 0.823. The van der Waals surface area contributed by atoms with Crippen molar-refractivity contribution in [2.45, 2.75) is 26.3 Å². The van der Waals surface area contributed by atoms with Crippen LogP contribution >= 0.6 is 11.3 Å². The minimum absolute atomic E-state index is 0.0908. The Bertz CT molecular complexity index is 835. The van der Waals surface area contributed by atoms with E-state index in [1.165, 1.54) is 0 Å². The normalized spacial score (nSPS) is 10.6. The first-order valence-electron chi connectivity index (χ1n) is 5.96. The maximum atomic E-state index is 12.3. The monoisotopic (exact) mass is 292 g/mol. The van der Waals surface area contributed by atoms with Gasteiger partial charge in [-0.05, 0) is 12.0 Å². The minimum Gasteiger partial charge on any atom is -0.477 e. The van der Waals surface area contributed by atoms with Crippen LogP contribution in [0.5, 0.6) is 0 Å². The van der Waals surface area contributed by atoms with Crippen molar-refractivity contribution in [1.82, 2.24) is 9.55 Å². The molecular weight excluding hydrogens is 280 g/mol. The number of nitrogens with one attached hydrogen (secondary N) is 1. The minimum atomic E-state index is -1.10. The summed E-state index contributed by atoms with van der Waals surface area (Å²) < 4.78 is 0.903. The number of fused-ring (bicyclic) bond motifs is 1. The molecule has 0 atom stereocenters. The van der Waals surface area contributed by atoms with Crippen molar-refractivity contribution < 1.29 is 9.90 Å². The van der Waals surface area contributed by atoms with Gasteiger partial charge < -0.3 is 5.11 Å². The van der Waals surface area contributed by atoms with Gasteiger partial charge in [0.25, 0.3) is 5.56 Å². The van der Waals surface area contributed by atoms with Gasteiger partial charge in [-0.1, -0.05) is 19.3 Å². The summed E-state index contributed by atoms with van der Waals surface area (Å²) in [5, 5.41) is 9.46. The Hall–Kier alpha value is -2.33. The molecular formula is C13H12N2O4S. The van der Waals surface area contributed by atoms with Crippen LogP contribution in [0.1, 0.15) is 28.6 Å². The molecule has 0 fully saturated rings. The molecule has 104 valence electrons. The van der Waals surface area contributed by atoms with Crippen LogP contribution in [0.2, 0.25) is 0 Å². The van der Waals surface area contributed by atoms with Crippen LogP contribution < -0.4 is 11.2 Å². The molecule has 0 aliphatic heterocycles. The third-order valence-electron chi connectivity index (χ3n) is 2.88. The number of aryl methyl sites for hydroxylation is 1. The number of aromatic amines is 1. The summed E-state index contributed by atoms with van der Waals surface area (Å²) in [5.41, 5.74) is -0.692. The zero-order valence-corrected chi connectivity index (χ0v) is 11.5. The zero-order chi connectivity index (χ0) is 14.9. The fourth-order valence-corrected chi connectivity index (χ4v) is 3.14. The summed E-state index contributed by atoms with van der Waals surface area (Å²) in [4.78, 5) is 38.2. The second-order valence-electron chi connectivity index (χ2n) is 4.19. The molecule has 2 heterocycles. The van der Waals surface area contributed by atoms with E-state index >= 15 is 0 Å². The van der Waals surface area contributed by atoms with E-state index in [9.17, 15) is 19.5 Å². The lowest BCUT2D eigenvalue weighted by Crippen LogP contribution is -2.34. The molecule has 2 N–H and O–H groups in total. The van der Waals surface area contributed by atoms with Gasteiger partial charge in [-0.2, -0.15) is 0 Å². The Morgan fingerprint density at radius 1 is 1.50 bits per heavy atom. The van der Waals surface area contributed by atoms with Crippen molar-refractivity contribution in [3.05, 3.63) is 31.3 Å². The zero-order valence-electron chi connectivity index (χ0n) is 10.7. The maximum Gasteiger partial charge on any atom is 0.346 e. The molecule has 0 bridgehead atoms. The first-order chi connectivity index (χ1) is 9.51. The van der Waals surface area contributed by atoms with Crippen molar-refractivity contribution in [3.8, 4) is 12.3 Å². The Morgan fingerprint density at radius 3 is 2.75 bits per heavy atom. The number of hydrogen-bond acceptors (Lipinski definition) is 4. The summed E-state index contributed by atoms with van der Waals surface area (Å²) in [7, 11) is 0. The van der Waals surface area contributed by atoms with Gasteiger partial charge in [0, 0.05) is 0 Å². The van der Waals surface area contributed by atoms with E-state index < -0.39 is 17.2 Å². The fourth-order valence-electron chi connectivity index (χ4n) is 2.07. The number of thiophene rings is 1. The molecule has 0 unspecified atom stereocenters. The van der Waals surface area contributed by atoms with E-state index in [-0.39, 0.29) is 21.6 Å². The topological polar surface area (TPSA) is 92.2 Å². The number of rotatable bonds is 4. The lowest BCUT2D eigenvalue weighted by molar-refractivity contribution is 0.0701. The molecule has 0 saturated heterocycles. The first kappa shape index (κ1) is 14.1. The third-order valence-corrected chi connectivity index (χ3v) is 4.01. The molecule has 0 saturated carbocycles. The fraction of sp³-hybridized carbons (Fsp3) is 0.308. The SMILES string of the molecule is C#CCn1c(=O)[nH]c2sc(C(=O)O)c(CCC)c2c1=O. The third kappa shape index (κ3) is 2.14. The standard InChI is InChI=1S/C13H12N2O4S/c1-3-5-7-8-10(20-9(7)12(17)18)14-13(19)15(6-4-2)11(8)16/h2H,3,5-6H2,1H3,(H,14,19)(H,17,18). The van der Waals surface area contributed by atoms with E-state index in [4.69, 9.17) is 6.42 Å². The van der Waals surface area contributed by atoms with Crippen molar-refractivity contribution in [3.63, 3.8) is 0 Å². The van der Waals surface area contributed by atoms with Gasteiger partial charge >= 0.3 is 11.7 Å². The number of hydrogen-bond donors (Lipinski definition) is 2. The van der Waals surface area contributed by atoms with Gasteiger partial charge in [0.15, 0.2) is 0 Å². The predicted molar refractivity (Wildman–Crippen MR) is 76.5 cm³/mol. The van der Waals surface area contributed by atoms with Crippen molar-refractivity contribution >= 4 is 27.5 Å². The Morgan fingerprint density at radius 2 is 2.20 bits per heavy atom. The summed E-state index contributed by atoms with van der Waals surface area (Å²) in [6.45, 7) is 1.74. The average Bonchev–Trinajstić information content (AvgIpc) is 2.74. The highest BCUT2D eigenvalue weighted by Gasteiger charge is 2.21. The van der Waals surface area contributed by atoms with E-state index in [1.807, 2.05) is 6.92 Å². The number of carboxylic acid groups (broad SMARTS) is 1. The summed E-state index contributed by atoms with van der Waals surface area (Å²) in [5.74, 6) is 1.14. The molecule has 7 heteroatoms. The lowest BCUT2D eigenvalue weighted by atomic mass is 10.1. The van der Waals surface area contributed by atoms with E-state index in [1.54, 1.807) is 0 Å². The van der Waals surface area contributed by atoms with Gasteiger partial charge in [-0.3, -0.25) is 9.78 Å². The highest BCUT2D eigenvalue weighted by molar-refractivity contribution is 7.20. The summed E-state index contributed by atoms with van der Waals surface area (Å²) in [6, 6.07) is 0.